The Balaban J connectivity index is 1.79. The van der Waals surface area contributed by atoms with Crippen LogP contribution >= 0.6 is 0 Å². The molecule has 0 aliphatic carbocycles. The minimum absolute atomic E-state index is 0.122. The SMILES string of the molecule is CC(COCc1ccccc1)C(=O)Nc1n[nH]c(C(F)(F)F)n1. The van der Waals surface area contributed by atoms with Crippen LogP contribution < -0.4 is 5.32 Å². The first-order valence-corrected chi connectivity index (χ1v) is 6.78. The van der Waals surface area contributed by atoms with E-state index in [1.165, 1.54) is 0 Å². The summed E-state index contributed by atoms with van der Waals surface area (Å²) >= 11 is 0. The van der Waals surface area contributed by atoms with Crippen molar-refractivity contribution in [1.29, 1.82) is 0 Å². The summed E-state index contributed by atoms with van der Waals surface area (Å²) in [6.45, 7) is 2.06. The van der Waals surface area contributed by atoms with Gasteiger partial charge in [-0.15, -0.1) is 5.10 Å². The van der Waals surface area contributed by atoms with E-state index >= 15 is 0 Å². The molecule has 23 heavy (non-hydrogen) atoms. The zero-order valence-corrected chi connectivity index (χ0v) is 12.2. The molecule has 0 radical (unpaired) electrons. The second-order valence-electron chi connectivity index (χ2n) is 4.90. The Hall–Kier alpha value is -2.42. The van der Waals surface area contributed by atoms with Crippen molar-refractivity contribution < 1.29 is 22.7 Å². The lowest BCUT2D eigenvalue weighted by Gasteiger charge is -2.11. The first kappa shape index (κ1) is 16.9. The minimum atomic E-state index is -4.64. The van der Waals surface area contributed by atoms with Gasteiger partial charge in [-0.05, 0) is 5.56 Å². The molecule has 124 valence electrons. The summed E-state index contributed by atoms with van der Waals surface area (Å²) in [6.07, 6.45) is -4.64. The second-order valence-corrected chi connectivity index (χ2v) is 4.90. The van der Waals surface area contributed by atoms with Crippen molar-refractivity contribution in [1.82, 2.24) is 15.2 Å². The smallest absolute Gasteiger partial charge is 0.376 e. The Labute approximate surface area is 130 Å². The Morgan fingerprint density at radius 1 is 1.35 bits per heavy atom. The lowest BCUT2D eigenvalue weighted by molar-refractivity contribution is -0.144. The van der Waals surface area contributed by atoms with Crippen LogP contribution in [0.4, 0.5) is 19.1 Å². The van der Waals surface area contributed by atoms with Crippen LogP contribution in [0.3, 0.4) is 0 Å². The van der Waals surface area contributed by atoms with Crippen molar-refractivity contribution in [3.8, 4) is 0 Å². The molecule has 9 heteroatoms. The summed E-state index contributed by atoms with van der Waals surface area (Å²) < 4.78 is 42.5. The standard InChI is InChI=1S/C14H15F3N4O2/c1-9(7-23-8-10-5-3-2-4-6-10)11(22)18-13-19-12(20-21-13)14(15,16)17/h2-6,9H,7-8H2,1H3,(H2,18,19,20,21,22). The Morgan fingerprint density at radius 2 is 2.04 bits per heavy atom. The van der Waals surface area contributed by atoms with E-state index in [1.807, 2.05) is 30.3 Å². The first-order chi connectivity index (χ1) is 10.9. The molecule has 2 rings (SSSR count). The molecule has 0 aliphatic heterocycles. The molecule has 6 nitrogen and oxygen atoms in total. The van der Waals surface area contributed by atoms with E-state index in [9.17, 15) is 18.0 Å². The first-order valence-electron chi connectivity index (χ1n) is 6.78. The van der Waals surface area contributed by atoms with Gasteiger partial charge in [-0.25, -0.2) is 0 Å². The van der Waals surface area contributed by atoms with Crippen molar-refractivity contribution in [2.75, 3.05) is 11.9 Å². The summed E-state index contributed by atoms with van der Waals surface area (Å²) in [5, 5.41) is 7.24. The maximum atomic E-state index is 12.4. The Bertz CT molecular complexity index is 643. The highest BCUT2D eigenvalue weighted by molar-refractivity contribution is 5.90. The number of hydrogen-bond donors (Lipinski definition) is 2. The maximum absolute atomic E-state index is 12.4. The van der Waals surface area contributed by atoms with Gasteiger partial charge in [0, 0.05) is 0 Å². The summed E-state index contributed by atoms with van der Waals surface area (Å²) in [5.41, 5.74) is 0.962. The van der Waals surface area contributed by atoms with Crippen LogP contribution in [-0.4, -0.2) is 27.7 Å². The predicted octanol–water partition coefficient (Wildman–Crippen LogP) is 2.61. The molecule has 2 aromatic rings. The fraction of sp³-hybridized carbons (Fsp3) is 0.357. The number of amides is 1. The number of halogens is 3. The number of anilines is 1. The van der Waals surface area contributed by atoms with E-state index in [0.717, 1.165) is 5.56 Å². The van der Waals surface area contributed by atoms with Gasteiger partial charge in [0.15, 0.2) is 0 Å². The van der Waals surface area contributed by atoms with Crippen molar-refractivity contribution in [3.63, 3.8) is 0 Å². The van der Waals surface area contributed by atoms with Gasteiger partial charge in [-0.1, -0.05) is 37.3 Å². The van der Waals surface area contributed by atoms with Crippen molar-refractivity contribution in [3.05, 3.63) is 41.7 Å². The Morgan fingerprint density at radius 3 is 2.65 bits per heavy atom. The van der Waals surface area contributed by atoms with Crippen molar-refractivity contribution >= 4 is 11.9 Å². The van der Waals surface area contributed by atoms with Crippen LogP contribution in [0.25, 0.3) is 0 Å². The third kappa shape index (κ3) is 5.06. The normalized spacial score (nSPS) is 12.9. The molecule has 0 spiro atoms. The highest BCUT2D eigenvalue weighted by Crippen LogP contribution is 2.26. The molecular formula is C14H15F3N4O2. The van der Waals surface area contributed by atoms with Gasteiger partial charge in [0.2, 0.25) is 17.7 Å². The molecule has 1 heterocycles. The van der Waals surface area contributed by atoms with Gasteiger partial charge in [0.1, 0.15) is 0 Å². The monoisotopic (exact) mass is 328 g/mol. The van der Waals surface area contributed by atoms with E-state index in [-0.39, 0.29) is 6.61 Å². The van der Waals surface area contributed by atoms with Crippen LogP contribution in [0.15, 0.2) is 30.3 Å². The molecule has 1 unspecified atom stereocenters. The summed E-state index contributed by atoms with van der Waals surface area (Å²) in [6, 6.07) is 9.40. The van der Waals surface area contributed by atoms with Crippen LogP contribution in [0.5, 0.6) is 0 Å². The number of ether oxygens (including phenoxy) is 1. The van der Waals surface area contributed by atoms with Gasteiger partial charge in [0.25, 0.3) is 0 Å². The average Bonchev–Trinajstić information content (AvgIpc) is 2.97. The number of alkyl halides is 3. The molecule has 0 aliphatic rings. The zero-order valence-electron chi connectivity index (χ0n) is 12.2. The molecule has 0 bridgehead atoms. The number of nitrogens with zero attached hydrogens (tertiary/aromatic N) is 2. The molecule has 1 atom stereocenters. The average molecular weight is 328 g/mol. The van der Waals surface area contributed by atoms with E-state index < -0.39 is 29.8 Å². The summed E-state index contributed by atoms with van der Waals surface area (Å²) in [4.78, 5) is 15.0. The number of rotatable bonds is 6. The molecule has 0 saturated carbocycles. The van der Waals surface area contributed by atoms with E-state index in [1.54, 1.807) is 12.0 Å². The van der Waals surface area contributed by atoms with E-state index in [4.69, 9.17) is 4.74 Å². The van der Waals surface area contributed by atoms with Crippen LogP contribution in [0, 0.1) is 5.92 Å². The molecule has 1 aromatic heterocycles. The number of aromatic nitrogens is 3. The maximum Gasteiger partial charge on any atom is 0.451 e. The highest BCUT2D eigenvalue weighted by atomic mass is 19.4. The second kappa shape index (κ2) is 7.23. The number of carbonyl (C=O) groups excluding carboxylic acids is 1. The largest absolute Gasteiger partial charge is 0.451 e. The van der Waals surface area contributed by atoms with Crippen molar-refractivity contribution in [2.45, 2.75) is 19.7 Å². The van der Waals surface area contributed by atoms with E-state index in [2.05, 4.69) is 15.4 Å². The van der Waals surface area contributed by atoms with Gasteiger partial charge < -0.3 is 4.74 Å². The summed E-state index contributed by atoms with van der Waals surface area (Å²) in [5.74, 6) is -2.77. The number of aromatic amines is 1. The number of nitrogens with one attached hydrogen (secondary N) is 2. The molecule has 2 N–H and O–H groups in total. The highest BCUT2D eigenvalue weighted by Gasteiger charge is 2.35. The predicted molar refractivity (Wildman–Crippen MR) is 75.3 cm³/mol. The number of carbonyl (C=O) groups is 1. The molecule has 1 amide bonds. The molecule has 0 fully saturated rings. The van der Waals surface area contributed by atoms with Crippen molar-refractivity contribution in [2.24, 2.45) is 5.92 Å². The molecule has 1 aromatic carbocycles. The van der Waals surface area contributed by atoms with Crippen LogP contribution in [0.1, 0.15) is 18.3 Å². The lowest BCUT2D eigenvalue weighted by atomic mass is 10.2. The number of benzene rings is 1. The van der Waals surface area contributed by atoms with Gasteiger partial charge >= 0.3 is 6.18 Å². The van der Waals surface area contributed by atoms with Crippen LogP contribution in [-0.2, 0) is 22.3 Å². The third-order valence-electron chi connectivity index (χ3n) is 2.92. The molecule has 0 saturated heterocycles. The van der Waals surface area contributed by atoms with Crippen LogP contribution in [0.2, 0.25) is 0 Å². The number of hydrogen-bond acceptors (Lipinski definition) is 4. The fourth-order valence-electron chi connectivity index (χ4n) is 1.68. The van der Waals surface area contributed by atoms with E-state index in [0.29, 0.717) is 6.61 Å². The van der Waals surface area contributed by atoms with Gasteiger partial charge in [-0.2, -0.15) is 18.2 Å². The molecular weight excluding hydrogens is 313 g/mol. The van der Waals surface area contributed by atoms with Gasteiger partial charge in [-0.3, -0.25) is 15.2 Å². The zero-order chi connectivity index (χ0) is 16.9. The lowest BCUT2D eigenvalue weighted by Crippen LogP contribution is -2.25. The summed E-state index contributed by atoms with van der Waals surface area (Å²) in [7, 11) is 0. The van der Waals surface area contributed by atoms with Gasteiger partial charge in [0.05, 0.1) is 19.1 Å². The number of H-pyrrole nitrogens is 1. The third-order valence-corrected chi connectivity index (χ3v) is 2.92. The topological polar surface area (TPSA) is 79.9 Å². The Kier molecular flexibility index (Phi) is 5.32. The quantitative estimate of drug-likeness (QED) is 0.854. The fourth-order valence-corrected chi connectivity index (χ4v) is 1.68. The minimum Gasteiger partial charge on any atom is -0.376 e.